The number of benzene rings is 1. The third-order valence-corrected chi connectivity index (χ3v) is 3.68. The SMILES string of the molecule is CCC1CCCCN1C(=O)c1ccc([N+](=O)[O-])cc1. The van der Waals surface area contributed by atoms with Gasteiger partial charge in [0.05, 0.1) is 4.92 Å². The van der Waals surface area contributed by atoms with Crippen LogP contribution in [0.2, 0.25) is 0 Å². The van der Waals surface area contributed by atoms with Crippen LogP contribution in [0.15, 0.2) is 24.3 Å². The fourth-order valence-electron chi connectivity index (χ4n) is 2.58. The molecule has 1 aromatic rings. The van der Waals surface area contributed by atoms with E-state index in [-0.39, 0.29) is 11.6 Å². The number of carbonyl (C=O) groups excluding carboxylic acids is 1. The molecular weight excluding hydrogens is 244 g/mol. The minimum Gasteiger partial charge on any atom is -0.336 e. The molecule has 1 aliphatic heterocycles. The third-order valence-electron chi connectivity index (χ3n) is 3.68. The van der Waals surface area contributed by atoms with E-state index in [1.807, 2.05) is 4.90 Å². The second-order valence-corrected chi connectivity index (χ2v) is 4.86. The summed E-state index contributed by atoms with van der Waals surface area (Å²) >= 11 is 0. The summed E-state index contributed by atoms with van der Waals surface area (Å²) in [7, 11) is 0. The molecule has 0 spiro atoms. The van der Waals surface area contributed by atoms with Crippen LogP contribution in [-0.4, -0.2) is 28.3 Å². The van der Waals surface area contributed by atoms with Crippen molar-refractivity contribution in [1.29, 1.82) is 0 Å². The second kappa shape index (κ2) is 5.82. The number of amides is 1. The molecule has 19 heavy (non-hydrogen) atoms. The van der Waals surface area contributed by atoms with Crippen LogP contribution in [0.5, 0.6) is 0 Å². The highest BCUT2D eigenvalue weighted by atomic mass is 16.6. The molecule has 0 radical (unpaired) electrons. The predicted octanol–water partition coefficient (Wildman–Crippen LogP) is 3.00. The standard InChI is InChI=1S/C14H18N2O3/c1-2-12-5-3-4-10-15(12)14(17)11-6-8-13(9-7-11)16(18)19/h6-9,12H,2-5,10H2,1H3. The lowest BCUT2D eigenvalue weighted by atomic mass is 9.99. The van der Waals surface area contributed by atoms with Gasteiger partial charge in [-0.3, -0.25) is 14.9 Å². The van der Waals surface area contributed by atoms with Gasteiger partial charge in [-0.15, -0.1) is 0 Å². The predicted molar refractivity (Wildman–Crippen MR) is 72.1 cm³/mol. The normalized spacial score (nSPS) is 19.2. The summed E-state index contributed by atoms with van der Waals surface area (Å²) in [6.45, 7) is 2.88. The smallest absolute Gasteiger partial charge is 0.269 e. The lowest BCUT2D eigenvalue weighted by molar-refractivity contribution is -0.384. The van der Waals surface area contributed by atoms with Gasteiger partial charge in [0.1, 0.15) is 0 Å². The summed E-state index contributed by atoms with van der Waals surface area (Å²) in [5.74, 6) is -0.0125. The Morgan fingerprint density at radius 1 is 1.37 bits per heavy atom. The van der Waals surface area contributed by atoms with E-state index in [2.05, 4.69) is 6.92 Å². The first-order valence-corrected chi connectivity index (χ1v) is 6.69. The van der Waals surface area contributed by atoms with E-state index in [0.29, 0.717) is 11.6 Å². The largest absolute Gasteiger partial charge is 0.336 e. The van der Waals surface area contributed by atoms with Crippen molar-refractivity contribution >= 4 is 11.6 Å². The van der Waals surface area contributed by atoms with Crippen molar-refractivity contribution in [3.05, 3.63) is 39.9 Å². The Hall–Kier alpha value is -1.91. The molecule has 0 N–H and O–H groups in total. The summed E-state index contributed by atoms with van der Waals surface area (Å²) in [4.78, 5) is 24.5. The van der Waals surface area contributed by atoms with E-state index in [1.54, 1.807) is 12.1 Å². The van der Waals surface area contributed by atoms with Gasteiger partial charge in [0.25, 0.3) is 11.6 Å². The maximum Gasteiger partial charge on any atom is 0.269 e. The molecule has 0 bridgehead atoms. The summed E-state index contributed by atoms with van der Waals surface area (Å²) in [6, 6.07) is 6.16. The number of carbonyl (C=O) groups is 1. The van der Waals surface area contributed by atoms with Crippen molar-refractivity contribution in [3.8, 4) is 0 Å². The van der Waals surface area contributed by atoms with Crippen molar-refractivity contribution in [2.45, 2.75) is 38.6 Å². The molecule has 1 unspecified atom stereocenters. The van der Waals surface area contributed by atoms with Crippen molar-refractivity contribution < 1.29 is 9.72 Å². The van der Waals surface area contributed by atoms with E-state index >= 15 is 0 Å². The minimum atomic E-state index is -0.454. The van der Waals surface area contributed by atoms with Crippen LogP contribution < -0.4 is 0 Å². The zero-order valence-electron chi connectivity index (χ0n) is 11.0. The average molecular weight is 262 g/mol. The molecule has 1 fully saturated rings. The molecular formula is C14H18N2O3. The number of likely N-dealkylation sites (tertiary alicyclic amines) is 1. The van der Waals surface area contributed by atoms with Gasteiger partial charge in [-0.1, -0.05) is 6.92 Å². The zero-order chi connectivity index (χ0) is 13.8. The number of hydrogen-bond acceptors (Lipinski definition) is 3. The van der Waals surface area contributed by atoms with E-state index in [4.69, 9.17) is 0 Å². The number of hydrogen-bond donors (Lipinski definition) is 0. The molecule has 1 atom stereocenters. The van der Waals surface area contributed by atoms with E-state index in [1.165, 1.54) is 18.6 Å². The Kier molecular flexibility index (Phi) is 4.14. The minimum absolute atomic E-state index is 0.0125. The van der Waals surface area contributed by atoms with Crippen molar-refractivity contribution in [1.82, 2.24) is 4.90 Å². The summed E-state index contributed by atoms with van der Waals surface area (Å²) in [5, 5.41) is 10.6. The quantitative estimate of drug-likeness (QED) is 0.621. The number of nitro benzene ring substituents is 1. The lowest BCUT2D eigenvalue weighted by Crippen LogP contribution is -2.43. The molecule has 0 aromatic heterocycles. The van der Waals surface area contributed by atoms with Crippen LogP contribution in [-0.2, 0) is 0 Å². The van der Waals surface area contributed by atoms with Crippen molar-refractivity contribution in [2.75, 3.05) is 6.54 Å². The van der Waals surface area contributed by atoms with Crippen LogP contribution in [0.1, 0.15) is 43.0 Å². The number of piperidine rings is 1. The molecule has 1 aliphatic rings. The van der Waals surface area contributed by atoms with E-state index < -0.39 is 4.92 Å². The van der Waals surface area contributed by atoms with Gasteiger partial charge in [-0.2, -0.15) is 0 Å². The maximum absolute atomic E-state index is 12.4. The first-order valence-electron chi connectivity index (χ1n) is 6.69. The number of nitro groups is 1. The molecule has 5 nitrogen and oxygen atoms in total. The van der Waals surface area contributed by atoms with Gasteiger partial charge in [-0.05, 0) is 37.8 Å². The molecule has 1 saturated heterocycles. The maximum atomic E-state index is 12.4. The van der Waals surface area contributed by atoms with Crippen molar-refractivity contribution in [3.63, 3.8) is 0 Å². The van der Waals surface area contributed by atoms with Crippen LogP contribution >= 0.6 is 0 Å². The Labute approximate surface area is 112 Å². The topological polar surface area (TPSA) is 63.5 Å². The molecule has 0 aliphatic carbocycles. The molecule has 5 heteroatoms. The third kappa shape index (κ3) is 2.92. The Balaban J connectivity index is 2.16. The Morgan fingerprint density at radius 2 is 2.05 bits per heavy atom. The Morgan fingerprint density at radius 3 is 2.63 bits per heavy atom. The fourth-order valence-corrected chi connectivity index (χ4v) is 2.58. The average Bonchev–Trinajstić information content (AvgIpc) is 2.46. The highest BCUT2D eigenvalue weighted by Crippen LogP contribution is 2.22. The lowest BCUT2D eigenvalue weighted by Gasteiger charge is -2.35. The van der Waals surface area contributed by atoms with Crippen molar-refractivity contribution in [2.24, 2.45) is 0 Å². The van der Waals surface area contributed by atoms with Gasteiger partial charge in [-0.25, -0.2) is 0 Å². The molecule has 0 saturated carbocycles. The van der Waals surface area contributed by atoms with Crippen LogP contribution in [0, 0.1) is 10.1 Å². The molecule has 1 heterocycles. The number of non-ortho nitro benzene ring substituents is 1. The summed E-state index contributed by atoms with van der Waals surface area (Å²) in [5.41, 5.74) is 0.549. The Bertz CT molecular complexity index is 470. The number of rotatable bonds is 3. The first-order chi connectivity index (χ1) is 9.13. The fraction of sp³-hybridized carbons (Fsp3) is 0.500. The molecule has 2 rings (SSSR count). The highest BCUT2D eigenvalue weighted by molar-refractivity contribution is 5.94. The van der Waals surface area contributed by atoms with Gasteiger partial charge >= 0.3 is 0 Å². The summed E-state index contributed by atoms with van der Waals surface area (Å²) in [6.07, 6.45) is 4.21. The van der Waals surface area contributed by atoms with Gasteiger partial charge in [0.2, 0.25) is 0 Å². The van der Waals surface area contributed by atoms with Gasteiger partial charge < -0.3 is 4.90 Å². The van der Waals surface area contributed by atoms with Gasteiger partial charge in [0, 0.05) is 30.3 Å². The molecule has 1 aromatic carbocycles. The first kappa shape index (κ1) is 13.5. The van der Waals surface area contributed by atoms with Crippen LogP contribution in [0.4, 0.5) is 5.69 Å². The monoisotopic (exact) mass is 262 g/mol. The molecule has 1 amide bonds. The zero-order valence-corrected chi connectivity index (χ0v) is 11.0. The second-order valence-electron chi connectivity index (χ2n) is 4.86. The van der Waals surface area contributed by atoms with Crippen LogP contribution in [0.3, 0.4) is 0 Å². The van der Waals surface area contributed by atoms with Gasteiger partial charge in [0.15, 0.2) is 0 Å². The molecule has 102 valence electrons. The highest BCUT2D eigenvalue weighted by Gasteiger charge is 2.26. The van der Waals surface area contributed by atoms with E-state index in [0.717, 1.165) is 25.8 Å². The number of nitrogens with zero attached hydrogens (tertiary/aromatic N) is 2. The summed E-state index contributed by atoms with van der Waals surface area (Å²) < 4.78 is 0. The van der Waals surface area contributed by atoms with E-state index in [9.17, 15) is 14.9 Å². The van der Waals surface area contributed by atoms with Crippen LogP contribution in [0.25, 0.3) is 0 Å².